The molecule has 1 N–H and O–H groups in total. The summed E-state index contributed by atoms with van der Waals surface area (Å²) in [7, 11) is -3.85. The predicted octanol–water partition coefficient (Wildman–Crippen LogP) is 3.70. The lowest BCUT2D eigenvalue weighted by atomic mass is 10.2. The minimum absolute atomic E-state index is 0.213. The van der Waals surface area contributed by atoms with Crippen LogP contribution in [-0.4, -0.2) is 27.0 Å². The number of nitrogens with zero attached hydrogens (tertiary/aromatic N) is 1. The van der Waals surface area contributed by atoms with Crippen LogP contribution >= 0.6 is 0 Å². The summed E-state index contributed by atoms with van der Waals surface area (Å²) in [4.78, 5) is 12.7. The van der Waals surface area contributed by atoms with Gasteiger partial charge >= 0.3 is 0 Å². The monoisotopic (exact) mass is 444 g/mol. The minimum Gasteiger partial charge on any atom is -0.476 e. The Morgan fingerprint density at radius 1 is 1.03 bits per heavy atom. The van der Waals surface area contributed by atoms with Crippen LogP contribution in [0.5, 0.6) is 5.75 Å². The molecule has 0 aliphatic carbocycles. The van der Waals surface area contributed by atoms with Gasteiger partial charge in [0.25, 0.3) is 5.91 Å². The van der Waals surface area contributed by atoms with E-state index < -0.39 is 33.7 Å². The maximum absolute atomic E-state index is 13.9. The van der Waals surface area contributed by atoms with Gasteiger partial charge in [-0.15, -0.1) is 0 Å². The van der Waals surface area contributed by atoms with Crippen LogP contribution in [-0.2, 0) is 20.6 Å². The molecule has 0 spiro atoms. The third-order valence-corrected chi connectivity index (χ3v) is 6.46. The Kier molecular flexibility index (Phi) is 5.60. The highest BCUT2D eigenvalue weighted by atomic mass is 32.2. The number of halogens is 2. The summed E-state index contributed by atoms with van der Waals surface area (Å²) in [6.07, 6.45) is -1.23. The molecule has 31 heavy (non-hydrogen) atoms. The Morgan fingerprint density at radius 2 is 1.74 bits per heavy atom. The Labute approximate surface area is 178 Å². The van der Waals surface area contributed by atoms with Crippen molar-refractivity contribution in [3.63, 3.8) is 0 Å². The van der Waals surface area contributed by atoms with Crippen LogP contribution in [0.2, 0.25) is 0 Å². The second-order valence-corrected chi connectivity index (χ2v) is 8.85. The molecule has 0 aromatic heterocycles. The average Bonchev–Trinajstić information content (AvgIpc) is 2.75. The third-order valence-electron chi connectivity index (χ3n) is 4.74. The highest BCUT2D eigenvalue weighted by molar-refractivity contribution is 7.92. The largest absolute Gasteiger partial charge is 0.476 e. The van der Waals surface area contributed by atoms with E-state index in [1.165, 1.54) is 0 Å². The van der Waals surface area contributed by atoms with Crippen LogP contribution in [0.15, 0.2) is 72.8 Å². The zero-order chi connectivity index (χ0) is 22.0. The summed E-state index contributed by atoms with van der Waals surface area (Å²) in [5.74, 6) is -2.52. The van der Waals surface area contributed by atoms with Crippen LogP contribution in [0.25, 0.3) is 0 Å². The van der Waals surface area contributed by atoms with Crippen LogP contribution in [0, 0.1) is 11.6 Å². The molecule has 1 heterocycles. The molecule has 9 heteroatoms. The fourth-order valence-electron chi connectivity index (χ4n) is 3.27. The third kappa shape index (κ3) is 4.51. The van der Waals surface area contributed by atoms with Crippen molar-refractivity contribution in [3.8, 4) is 5.75 Å². The zero-order valence-electron chi connectivity index (χ0n) is 16.2. The highest BCUT2D eigenvalue weighted by Gasteiger charge is 2.36. The molecule has 1 aliphatic rings. The van der Waals surface area contributed by atoms with Gasteiger partial charge in [0.15, 0.2) is 6.10 Å². The fraction of sp³-hybridized carbons (Fsp3) is 0.136. The van der Waals surface area contributed by atoms with Gasteiger partial charge in [0.05, 0.1) is 23.7 Å². The molecule has 0 bridgehead atoms. The summed E-state index contributed by atoms with van der Waals surface area (Å²) in [5.41, 5.74) is 0.684. The van der Waals surface area contributed by atoms with E-state index in [0.717, 1.165) is 16.4 Å². The van der Waals surface area contributed by atoms with Gasteiger partial charge in [-0.3, -0.25) is 9.10 Å². The summed E-state index contributed by atoms with van der Waals surface area (Å²) < 4.78 is 60.2. The van der Waals surface area contributed by atoms with Crippen molar-refractivity contribution < 1.29 is 26.7 Å². The zero-order valence-corrected chi connectivity index (χ0v) is 17.0. The molecule has 0 saturated carbocycles. The molecule has 1 atom stereocenters. The Balaban J connectivity index is 1.61. The molecule has 0 radical (unpaired) electrons. The number of carbonyl (C=O) groups excluding carboxylic acids is 1. The topological polar surface area (TPSA) is 75.7 Å². The van der Waals surface area contributed by atoms with E-state index in [9.17, 15) is 22.0 Å². The maximum Gasteiger partial charge on any atom is 0.267 e. The molecule has 1 amide bonds. The second kappa shape index (κ2) is 8.35. The van der Waals surface area contributed by atoms with E-state index in [4.69, 9.17) is 4.74 Å². The van der Waals surface area contributed by atoms with E-state index >= 15 is 0 Å². The summed E-state index contributed by atoms with van der Waals surface area (Å²) in [5, 5.41) is 2.33. The maximum atomic E-state index is 13.9. The lowest BCUT2D eigenvalue weighted by Crippen LogP contribution is -2.49. The van der Waals surface area contributed by atoms with Gasteiger partial charge < -0.3 is 10.1 Å². The van der Waals surface area contributed by atoms with Crippen LogP contribution in [0.1, 0.15) is 5.56 Å². The molecule has 0 fully saturated rings. The predicted molar refractivity (Wildman–Crippen MR) is 112 cm³/mol. The quantitative estimate of drug-likeness (QED) is 0.651. The van der Waals surface area contributed by atoms with E-state index in [2.05, 4.69) is 5.32 Å². The second-order valence-electron chi connectivity index (χ2n) is 6.96. The van der Waals surface area contributed by atoms with Crippen LogP contribution < -0.4 is 14.4 Å². The molecule has 6 nitrogen and oxygen atoms in total. The first-order chi connectivity index (χ1) is 14.8. The van der Waals surface area contributed by atoms with Crippen molar-refractivity contribution in [2.24, 2.45) is 0 Å². The van der Waals surface area contributed by atoms with Crippen molar-refractivity contribution in [2.45, 2.75) is 11.9 Å². The first-order valence-corrected chi connectivity index (χ1v) is 11.0. The Hall–Kier alpha value is -3.46. The van der Waals surface area contributed by atoms with Gasteiger partial charge in [-0.2, -0.15) is 0 Å². The van der Waals surface area contributed by atoms with Crippen LogP contribution in [0.3, 0.4) is 0 Å². The minimum atomic E-state index is -3.85. The number of fused-ring (bicyclic) bond motifs is 1. The molecular weight excluding hydrogens is 426 g/mol. The van der Waals surface area contributed by atoms with E-state index in [1.807, 2.05) is 0 Å². The molecule has 0 saturated heterocycles. The smallest absolute Gasteiger partial charge is 0.267 e. The summed E-state index contributed by atoms with van der Waals surface area (Å²) in [6.45, 7) is -0.291. The normalized spacial score (nSPS) is 15.7. The van der Waals surface area contributed by atoms with Crippen molar-refractivity contribution >= 4 is 27.3 Å². The molecule has 160 valence electrons. The lowest BCUT2D eigenvalue weighted by Gasteiger charge is -2.34. The van der Waals surface area contributed by atoms with Gasteiger partial charge in [-0.1, -0.05) is 42.5 Å². The van der Waals surface area contributed by atoms with Crippen molar-refractivity contribution in [1.82, 2.24) is 0 Å². The van der Waals surface area contributed by atoms with Gasteiger partial charge in [-0.05, 0) is 29.8 Å². The number of hydrogen-bond acceptors (Lipinski definition) is 4. The van der Waals surface area contributed by atoms with Crippen molar-refractivity contribution in [2.75, 3.05) is 16.2 Å². The first-order valence-electron chi connectivity index (χ1n) is 9.39. The van der Waals surface area contributed by atoms with Crippen LogP contribution in [0.4, 0.5) is 20.2 Å². The SMILES string of the molecule is O=C(Nc1ccc(F)cc1F)[C@H]1CN(S(=O)(=O)Cc2ccccc2)c2ccccc2O1. The lowest BCUT2D eigenvalue weighted by molar-refractivity contribution is -0.122. The number of para-hydroxylation sites is 2. The van der Waals surface area contributed by atoms with Gasteiger partial charge in [-0.25, -0.2) is 17.2 Å². The number of ether oxygens (including phenoxy) is 1. The number of anilines is 2. The Bertz CT molecular complexity index is 1220. The summed E-state index contributed by atoms with van der Waals surface area (Å²) in [6, 6.07) is 17.9. The number of nitrogens with one attached hydrogen (secondary N) is 1. The van der Waals surface area contributed by atoms with Gasteiger partial charge in [0.1, 0.15) is 17.4 Å². The molecule has 3 aromatic carbocycles. The van der Waals surface area contributed by atoms with E-state index in [-0.39, 0.29) is 23.7 Å². The molecule has 3 aromatic rings. The highest BCUT2D eigenvalue weighted by Crippen LogP contribution is 2.36. The number of benzene rings is 3. The standard InChI is InChI=1S/C22H18F2N2O4S/c23-16-10-11-18(17(24)12-16)25-22(27)21-13-26(19-8-4-5-9-20(19)30-21)31(28,29)14-15-6-2-1-3-7-15/h1-12,21H,13-14H2,(H,25,27)/t21-/m1/s1. The number of carbonyl (C=O) groups is 1. The summed E-state index contributed by atoms with van der Waals surface area (Å²) >= 11 is 0. The number of amides is 1. The number of sulfonamides is 1. The number of hydrogen-bond donors (Lipinski definition) is 1. The van der Waals surface area contributed by atoms with E-state index in [0.29, 0.717) is 17.3 Å². The van der Waals surface area contributed by atoms with E-state index in [1.54, 1.807) is 54.6 Å². The molecular formula is C22H18F2N2O4S. The molecule has 0 unspecified atom stereocenters. The first kappa shape index (κ1) is 20.8. The van der Waals surface area contributed by atoms with Gasteiger partial charge in [0.2, 0.25) is 10.0 Å². The molecule has 1 aliphatic heterocycles. The number of rotatable bonds is 5. The Morgan fingerprint density at radius 3 is 2.48 bits per heavy atom. The van der Waals surface area contributed by atoms with Gasteiger partial charge in [0, 0.05) is 6.07 Å². The fourth-order valence-corrected chi connectivity index (χ4v) is 4.85. The average molecular weight is 444 g/mol. The molecule has 4 rings (SSSR count). The van der Waals surface area contributed by atoms with Crippen molar-refractivity contribution in [1.29, 1.82) is 0 Å². The van der Waals surface area contributed by atoms with Crippen molar-refractivity contribution in [3.05, 3.63) is 90.0 Å².